The highest BCUT2D eigenvalue weighted by molar-refractivity contribution is 5.90. The molecule has 10 nitrogen and oxygen atoms in total. The third kappa shape index (κ3) is 7.52. The summed E-state index contributed by atoms with van der Waals surface area (Å²) in [4.78, 5) is 41.1. The Kier molecular flexibility index (Phi) is 9.25. The molecule has 0 saturated carbocycles. The van der Waals surface area contributed by atoms with Gasteiger partial charge in [0.25, 0.3) is 0 Å². The van der Waals surface area contributed by atoms with E-state index in [1.807, 2.05) is 6.92 Å². The van der Waals surface area contributed by atoms with E-state index in [2.05, 4.69) is 25.6 Å². The van der Waals surface area contributed by atoms with Gasteiger partial charge in [0.15, 0.2) is 5.69 Å². The molecular formula is C16H22F3N5O5. The summed E-state index contributed by atoms with van der Waals surface area (Å²) < 4.78 is 43.7. The van der Waals surface area contributed by atoms with Crippen molar-refractivity contribution < 1.29 is 37.5 Å². The lowest BCUT2D eigenvalue weighted by Crippen LogP contribution is -2.40. The number of amides is 2. The third-order valence-corrected chi connectivity index (χ3v) is 3.82. The number of rotatable bonds is 11. The van der Waals surface area contributed by atoms with E-state index in [-0.39, 0.29) is 13.0 Å². The van der Waals surface area contributed by atoms with Crippen molar-refractivity contribution in [3.05, 3.63) is 17.5 Å². The van der Waals surface area contributed by atoms with Gasteiger partial charge in [-0.2, -0.15) is 13.2 Å². The van der Waals surface area contributed by atoms with Crippen LogP contribution in [0.1, 0.15) is 48.7 Å². The zero-order chi connectivity index (χ0) is 22.0. The van der Waals surface area contributed by atoms with Crippen molar-refractivity contribution in [2.45, 2.75) is 38.8 Å². The summed E-state index contributed by atoms with van der Waals surface area (Å²) in [5, 5.41) is 9.63. The molecule has 3 N–H and O–H groups in total. The van der Waals surface area contributed by atoms with Gasteiger partial charge in [-0.25, -0.2) is 19.8 Å². The van der Waals surface area contributed by atoms with E-state index in [9.17, 15) is 32.8 Å². The third-order valence-electron chi connectivity index (χ3n) is 3.82. The lowest BCUT2D eigenvalue weighted by Gasteiger charge is -2.20. The van der Waals surface area contributed by atoms with Crippen molar-refractivity contribution in [3.63, 3.8) is 0 Å². The van der Waals surface area contributed by atoms with Gasteiger partial charge in [-0.3, -0.25) is 25.6 Å². The fourth-order valence-electron chi connectivity index (χ4n) is 2.35. The number of unbranched alkanes of at least 4 members (excludes halogenated alkanes) is 2. The van der Waals surface area contributed by atoms with Crippen molar-refractivity contribution in [3.8, 4) is 0 Å². The summed E-state index contributed by atoms with van der Waals surface area (Å²) in [5.74, 6) is -3.38. The lowest BCUT2D eigenvalue weighted by atomic mass is 10.0. The smallest absolute Gasteiger partial charge is 0.434 e. The van der Waals surface area contributed by atoms with Crippen LogP contribution in [0.25, 0.3) is 0 Å². The number of aromatic nitrogens is 2. The number of alkyl halides is 3. The number of hydrogen-bond donors (Lipinski definition) is 3. The van der Waals surface area contributed by atoms with Crippen LogP contribution in [0.2, 0.25) is 0 Å². The number of hydrazine groups is 1. The molecule has 1 rings (SSSR count). The van der Waals surface area contributed by atoms with E-state index in [1.165, 1.54) is 0 Å². The van der Waals surface area contributed by atoms with E-state index < -0.39 is 41.2 Å². The van der Waals surface area contributed by atoms with Crippen LogP contribution in [0.4, 0.5) is 19.1 Å². The van der Waals surface area contributed by atoms with E-state index in [1.54, 1.807) is 0 Å². The fraction of sp³-hybridized carbons (Fsp3) is 0.562. The first-order chi connectivity index (χ1) is 13.6. The van der Waals surface area contributed by atoms with Gasteiger partial charge in [0.2, 0.25) is 18.3 Å². The predicted octanol–water partition coefficient (Wildman–Crippen LogP) is 1.77. The highest BCUT2D eigenvalue weighted by Gasteiger charge is 2.38. The van der Waals surface area contributed by atoms with Crippen molar-refractivity contribution in [1.82, 2.24) is 20.5 Å². The molecule has 0 spiro atoms. The van der Waals surface area contributed by atoms with Gasteiger partial charge >= 0.3 is 12.1 Å². The number of nitrogens with zero attached hydrogens (tertiary/aromatic N) is 3. The van der Waals surface area contributed by atoms with Crippen LogP contribution in [-0.4, -0.2) is 52.2 Å². The van der Waals surface area contributed by atoms with Crippen LogP contribution in [0.5, 0.6) is 0 Å². The van der Waals surface area contributed by atoms with Gasteiger partial charge in [0.1, 0.15) is 5.56 Å². The summed E-state index contributed by atoms with van der Waals surface area (Å²) >= 11 is 0. The Balaban J connectivity index is 2.91. The number of nitrogens with one attached hydrogen (secondary N) is 2. The maximum atomic E-state index is 13.1. The molecule has 29 heavy (non-hydrogen) atoms. The molecule has 0 aliphatic rings. The molecule has 0 fully saturated rings. The first kappa shape index (κ1) is 24.1. The predicted molar refractivity (Wildman–Crippen MR) is 92.3 cm³/mol. The number of anilines is 1. The van der Waals surface area contributed by atoms with Crippen LogP contribution < -0.4 is 10.9 Å². The van der Waals surface area contributed by atoms with Gasteiger partial charge in [-0.1, -0.05) is 26.2 Å². The van der Waals surface area contributed by atoms with E-state index >= 15 is 0 Å². The molecular weight excluding hydrogens is 399 g/mol. The fourth-order valence-corrected chi connectivity index (χ4v) is 2.35. The van der Waals surface area contributed by atoms with Crippen molar-refractivity contribution in [2.24, 2.45) is 5.92 Å². The minimum atomic E-state index is -4.96. The topological polar surface area (TPSA) is 134 Å². The number of hydroxylamine groups is 2. The Morgan fingerprint density at radius 3 is 2.62 bits per heavy atom. The van der Waals surface area contributed by atoms with Crippen molar-refractivity contribution in [2.75, 3.05) is 19.1 Å². The average molecular weight is 421 g/mol. The standard InChI is InChI=1S/C16H22F3N5O5/c1-3-4-5-6-10(8-24(28)9-25)13(26)22-23-15-20-7-11(14(27)29-2)12(21-15)16(17,18)19/h7,9-10,28H,3-6,8H2,1-2H3,(H,22,26)(H,20,21,23). The molecule has 1 heterocycles. The SMILES string of the molecule is CCCCCC(CN(O)C=O)C(=O)NNc1ncc(C(=O)OC)c(C(F)(F)F)n1. The number of ether oxygens (including phenoxy) is 1. The summed E-state index contributed by atoms with van der Waals surface area (Å²) in [7, 11) is 0.914. The number of halogens is 3. The summed E-state index contributed by atoms with van der Waals surface area (Å²) in [6, 6.07) is 0. The minimum absolute atomic E-state index is 0.137. The molecule has 0 saturated heterocycles. The molecule has 162 valence electrons. The van der Waals surface area contributed by atoms with E-state index in [0.29, 0.717) is 24.1 Å². The molecule has 1 aromatic heterocycles. The Morgan fingerprint density at radius 2 is 2.07 bits per heavy atom. The Bertz CT molecular complexity index is 717. The van der Waals surface area contributed by atoms with E-state index in [4.69, 9.17) is 0 Å². The normalized spacial score (nSPS) is 12.1. The second kappa shape index (κ2) is 11.1. The number of methoxy groups -OCH3 is 1. The highest BCUT2D eigenvalue weighted by Crippen LogP contribution is 2.31. The average Bonchev–Trinajstić information content (AvgIpc) is 2.69. The molecule has 0 aliphatic heterocycles. The van der Waals surface area contributed by atoms with Crippen molar-refractivity contribution in [1.29, 1.82) is 0 Å². The first-order valence-electron chi connectivity index (χ1n) is 8.63. The Labute approximate surface area is 164 Å². The summed E-state index contributed by atoms with van der Waals surface area (Å²) in [5.41, 5.74) is 1.88. The van der Waals surface area contributed by atoms with Crippen LogP contribution in [0, 0.1) is 5.92 Å². The Hall–Kier alpha value is -2.96. The Morgan fingerprint density at radius 1 is 1.38 bits per heavy atom. The van der Waals surface area contributed by atoms with Crippen LogP contribution in [-0.2, 0) is 20.5 Å². The van der Waals surface area contributed by atoms with Gasteiger partial charge in [0, 0.05) is 6.20 Å². The molecule has 0 aliphatic carbocycles. The van der Waals surface area contributed by atoms with Gasteiger partial charge in [-0.15, -0.1) is 0 Å². The molecule has 1 atom stereocenters. The second-order valence-corrected chi connectivity index (χ2v) is 5.98. The van der Waals surface area contributed by atoms with E-state index in [0.717, 1.165) is 20.0 Å². The zero-order valence-electron chi connectivity index (χ0n) is 15.8. The molecule has 0 bridgehead atoms. The van der Waals surface area contributed by atoms with Gasteiger partial charge < -0.3 is 4.74 Å². The monoisotopic (exact) mass is 421 g/mol. The number of esters is 1. The molecule has 1 aromatic rings. The van der Waals surface area contributed by atoms with Crippen LogP contribution in [0.3, 0.4) is 0 Å². The number of carbonyl (C=O) groups is 3. The lowest BCUT2D eigenvalue weighted by molar-refractivity contribution is -0.154. The summed E-state index contributed by atoms with van der Waals surface area (Å²) in [6.07, 6.45) is -1.53. The van der Waals surface area contributed by atoms with Crippen LogP contribution in [0.15, 0.2) is 6.20 Å². The summed E-state index contributed by atoms with van der Waals surface area (Å²) in [6.45, 7) is 1.66. The second-order valence-electron chi connectivity index (χ2n) is 5.98. The quantitative estimate of drug-likeness (QED) is 0.162. The minimum Gasteiger partial charge on any atom is -0.465 e. The number of hydrogen-bond acceptors (Lipinski definition) is 8. The highest BCUT2D eigenvalue weighted by atomic mass is 19.4. The van der Waals surface area contributed by atoms with Crippen LogP contribution >= 0.6 is 0 Å². The zero-order valence-corrected chi connectivity index (χ0v) is 15.8. The largest absolute Gasteiger partial charge is 0.465 e. The van der Waals surface area contributed by atoms with Crippen molar-refractivity contribution >= 4 is 24.2 Å². The van der Waals surface area contributed by atoms with Gasteiger partial charge in [-0.05, 0) is 6.42 Å². The maximum absolute atomic E-state index is 13.1. The molecule has 2 amide bonds. The maximum Gasteiger partial charge on any atom is 0.434 e. The number of carbonyl (C=O) groups excluding carboxylic acids is 3. The molecule has 0 aromatic carbocycles. The van der Waals surface area contributed by atoms with Gasteiger partial charge in [0.05, 0.1) is 19.6 Å². The molecule has 1 unspecified atom stereocenters. The molecule has 13 heteroatoms. The first-order valence-corrected chi connectivity index (χ1v) is 8.63. The molecule has 0 radical (unpaired) electrons.